The van der Waals surface area contributed by atoms with Crippen LogP contribution in [0, 0.1) is 0 Å². The van der Waals surface area contributed by atoms with E-state index >= 15 is 0 Å². The van der Waals surface area contributed by atoms with Crippen molar-refractivity contribution in [2.24, 2.45) is 0 Å². The van der Waals surface area contributed by atoms with Gasteiger partial charge in [0.1, 0.15) is 5.75 Å². The smallest absolute Gasteiger partial charge is 0.268 e. The molecule has 2 aromatic carbocycles. The highest BCUT2D eigenvalue weighted by molar-refractivity contribution is 9.10. The number of hydrogen-bond donors (Lipinski definition) is 1. The SMILES string of the molecule is Cl.O=C(C(Oc1ccccc1Br)c1ccccc1)N1CCCNCC1. The fourth-order valence-electron chi connectivity index (χ4n) is 2.79. The van der Waals surface area contributed by atoms with Gasteiger partial charge in [-0.3, -0.25) is 4.79 Å². The lowest BCUT2D eigenvalue weighted by Gasteiger charge is -2.27. The average Bonchev–Trinajstić information content (AvgIpc) is 2.91. The van der Waals surface area contributed by atoms with E-state index in [1.807, 2.05) is 59.5 Å². The van der Waals surface area contributed by atoms with Crippen molar-refractivity contribution >= 4 is 34.2 Å². The highest BCUT2D eigenvalue weighted by Gasteiger charge is 2.28. The van der Waals surface area contributed by atoms with Gasteiger partial charge in [0.05, 0.1) is 4.47 Å². The molecule has 1 saturated heterocycles. The largest absolute Gasteiger partial charge is 0.475 e. The van der Waals surface area contributed by atoms with Crippen molar-refractivity contribution in [1.29, 1.82) is 0 Å². The van der Waals surface area contributed by atoms with E-state index in [4.69, 9.17) is 4.74 Å². The van der Waals surface area contributed by atoms with Crippen LogP contribution < -0.4 is 10.1 Å². The molecule has 1 fully saturated rings. The van der Waals surface area contributed by atoms with E-state index in [-0.39, 0.29) is 18.3 Å². The molecular formula is C19H22BrClN2O2. The van der Waals surface area contributed by atoms with Gasteiger partial charge in [-0.25, -0.2) is 0 Å². The van der Waals surface area contributed by atoms with Crippen molar-refractivity contribution in [3.63, 3.8) is 0 Å². The van der Waals surface area contributed by atoms with Crippen LogP contribution in [0.15, 0.2) is 59.1 Å². The first-order valence-corrected chi connectivity index (χ1v) is 9.00. The number of nitrogens with zero attached hydrogens (tertiary/aromatic N) is 1. The number of amides is 1. The molecule has 1 heterocycles. The fraction of sp³-hybridized carbons (Fsp3) is 0.316. The minimum Gasteiger partial charge on any atom is -0.475 e. The molecule has 1 aliphatic rings. The van der Waals surface area contributed by atoms with Crippen LogP contribution in [-0.4, -0.2) is 37.0 Å². The highest BCUT2D eigenvalue weighted by Crippen LogP contribution is 2.30. The van der Waals surface area contributed by atoms with Crippen LogP contribution in [0.4, 0.5) is 0 Å². The van der Waals surface area contributed by atoms with Crippen molar-refractivity contribution in [2.75, 3.05) is 26.2 Å². The van der Waals surface area contributed by atoms with Gasteiger partial charge in [0.25, 0.3) is 5.91 Å². The average molecular weight is 426 g/mol. The normalized spacial score (nSPS) is 15.6. The molecule has 1 amide bonds. The number of carbonyl (C=O) groups excluding carboxylic acids is 1. The first kappa shape index (κ1) is 19.8. The lowest BCUT2D eigenvalue weighted by atomic mass is 10.1. The van der Waals surface area contributed by atoms with Crippen molar-refractivity contribution in [1.82, 2.24) is 10.2 Å². The Morgan fingerprint density at radius 3 is 2.52 bits per heavy atom. The third kappa shape index (κ3) is 5.21. The number of nitrogens with one attached hydrogen (secondary N) is 1. The van der Waals surface area contributed by atoms with E-state index in [1.165, 1.54) is 0 Å². The Morgan fingerprint density at radius 1 is 1.04 bits per heavy atom. The van der Waals surface area contributed by atoms with Crippen LogP contribution in [0.3, 0.4) is 0 Å². The maximum Gasteiger partial charge on any atom is 0.268 e. The van der Waals surface area contributed by atoms with Gasteiger partial charge < -0.3 is 15.0 Å². The van der Waals surface area contributed by atoms with Crippen LogP contribution in [0.2, 0.25) is 0 Å². The summed E-state index contributed by atoms with van der Waals surface area (Å²) in [5.74, 6) is 0.688. The lowest BCUT2D eigenvalue weighted by molar-refractivity contribution is -0.138. The van der Waals surface area contributed by atoms with Crippen LogP contribution in [0.25, 0.3) is 0 Å². The van der Waals surface area contributed by atoms with E-state index in [1.54, 1.807) is 0 Å². The van der Waals surface area contributed by atoms with Gasteiger partial charge in [0.2, 0.25) is 6.10 Å². The predicted octanol–water partition coefficient (Wildman–Crippen LogP) is 3.81. The van der Waals surface area contributed by atoms with Crippen molar-refractivity contribution in [2.45, 2.75) is 12.5 Å². The molecule has 2 aromatic rings. The number of carbonyl (C=O) groups is 1. The molecule has 25 heavy (non-hydrogen) atoms. The van der Waals surface area contributed by atoms with Crippen molar-refractivity contribution in [3.05, 3.63) is 64.6 Å². The number of benzene rings is 2. The molecule has 1 atom stereocenters. The molecule has 134 valence electrons. The first-order chi connectivity index (χ1) is 11.8. The summed E-state index contributed by atoms with van der Waals surface area (Å²) in [5.41, 5.74) is 0.871. The molecule has 0 spiro atoms. The van der Waals surface area contributed by atoms with Gasteiger partial charge in [-0.15, -0.1) is 12.4 Å². The van der Waals surface area contributed by atoms with E-state index in [0.717, 1.165) is 36.1 Å². The van der Waals surface area contributed by atoms with Crippen LogP contribution in [0.5, 0.6) is 5.75 Å². The highest BCUT2D eigenvalue weighted by atomic mass is 79.9. The Hall–Kier alpha value is -1.56. The lowest BCUT2D eigenvalue weighted by Crippen LogP contribution is -2.39. The summed E-state index contributed by atoms with van der Waals surface area (Å²) in [6.45, 7) is 3.24. The molecule has 0 aromatic heterocycles. The Bertz CT molecular complexity index is 676. The van der Waals surface area contributed by atoms with E-state index in [9.17, 15) is 4.79 Å². The summed E-state index contributed by atoms with van der Waals surface area (Å²) in [6, 6.07) is 17.3. The van der Waals surface area contributed by atoms with E-state index < -0.39 is 6.10 Å². The molecule has 0 bridgehead atoms. The Morgan fingerprint density at radius 2 is 1.76 bits per heavy atom. The van der Waals surface area contributed by atoms with Crippen LogP contribution >= 0.6 is 28.3 Å². The zero-order valence-corrected chi connectivity index (χ0v) is 16.3. The molecule has 6 heteroatoms. The minimum atomic E-state index is -0.636. The molecule has 0 aliphatic carbocycles. The van der Waals surface area contributed by atoms with Crippen molar-refractivity contribution < 1.29 is 9.53 Å². The third-order valence-corrected chi connectivity index (χ3v) is 4.71. The molecule has 1 N–H and O–H groups in total. The molecule has 0 saturated carbocycles. The maximum absolute atomic E-state index is 13.1. The van der Waals surface area contributed by atoms with E-state index in [0.29, 0.717) is 12.3 Å². The second kappa shape index (κ2) is 9.80. The number of rotatable bonds is 4. The summed E-state index contributed by atoms with van der Waals surface area (Å²) < 4.78 is 6.97. The number of para-hydroxylation sites is 1. The Balaban J connectivity index is 0.00000225. The molecule has 1 aliphatic heterocycles. The van der Waals surface area contributed by atoms with Crippen LogP contribution in [-0.2, 0) is 4.79 Å². The zero-order valence-electron chi connectivity index (χ0n) is 13.9. The molecule has 0 radical (unpaired) electrons. The zero-order chi connectivity index (χ0) is 16.8. The summed E-state index contributed by atoms with van der Waals surface area (Å²) in [5, 5.41) is 3.33. The molecular weight excluding hydrogens is 404 g/mol. The Kier molecular flexibility index (Phi) is 7.75. The maximum atomic E-state index is 13.1. The standard InChI is InChI=1S/C19H21BrN2O2.ClH/c20-16-9-4-5-10-17(16)24-18(15-7-2-1-3-8-15)19(23)22-13-6-11-21-12-14-22;/h1-5,7-10,18,21H,6,11-14H2;1H. The van der Waals surface area contributed by atoms with Gasteiger partial charge in [0.15, 0.2) is 0 Å². The van der Waals surface area contributed by atoms with Gasteiger partial charge in [-0.05, 0) is 41.0 Å². The quantitative estimate of drug-likeness (QED) is 0.810. The minimum absolute atomic E-state index is 0. The molecule has 4 nitrogen and oxygen atoms in total. The van der Waals surface area contributed by atoms with E-state index in [2.05, 4.69) is 21.2 Å². The van der Waals surface area contributed by atoms with Gasteiger partial charge >= 0.3 is 0 Å². The fourth-order valence-corrected chi connectivity index (χ4v) is 3.17. The number of hydrogen-bond acceptors (Lipinski definition) is 3. The number of halogens is 2. The molecule has 1 unspecified atom stereocenters. The summed E-state index contributed by atoms with van der Waals surface area (Å²) in [7, 11) is 0. The third-order valence-electron chi connectivity index (χ3n) is 4.06. The summed E-state index contributed by atoms with van der Waals surface area (Å²) in [4.78, 5) is 15.0. The second-order valence-electron chi connectivity index (χ2n) is 5.77. The monoisotopic (exact) mass is 424 g/mol. The Labute approximate surface area is 163 Å². The summed E-state index contributed by atoms with van der Waals surface area (Å²) >= 11 is 3.50. The number of ether oxygens (including phenoxy) is 1. The molecule has 3 rings (SSSR count). The predicted molar refractivity (Wildman–Crippen MR) is 105 cm³/mol. The summed E-state index contributed by atoms with van der Waals surface area (Å²) in [6.07, 6.45) is 0.324. The van der Waals surface area contributed by atoms with Gasteiger partial charge in [0, 0.05) is 25.2 Å². The van der Waals surface area contributed by atoms with Gasteiger partial charge in [-0.1, -0.05) is 42.5 Å². The second-order valence-corrected chi connectivity index (χ2v) is 6.62. The van der Waals surface area contributed by atoms with Crippen molar-refractivity contribution in [3.8, 4) is 5.75 Å². The first-order valence-electron chi connectivity index (χ1n) is 8.21. The topological polar surface area (TPSA) is 41.6 Å². The van der Waals surface area contributed by atoms with Crippen LogP contribution in [0.1, 0.15) is 18.1 Å². The van der Waals surface area contributed by atoms with Gasteiger partial charge in [-0.2, -0.15) is 0 Å².